The molecule has 0 amide bonds. The van der Waals surface area contributed by atoms with Gasteiger partial charge in [-0.05, 0) is 18.4 Å². The highest BCUT2D eigenvalue weighted by Gasteiger charge is 2.19. The van der Waals surface area contributed by atoms with E-state index < -0.39 is 5.97 Å². The molecule has 1 aliphatic rings. The number of nitrogens with zero attached hydrogens (tertiary/aromatic N) is 1. The van der Waals surface area contributed by atoms with Gasteiger partial charge < -0.3 is 10.4 Å². The standard InChI is InChI=1S/C12H16N2O3/c1-2-8-6-10(15)14-5-3-4-13-12(14)9(8)7-11(16)17/h6,13H,2-5,7H2,1H3,(H,16,17). The first-order valence-corrected chi connectivity index (χ1v) is 5.84. The highest BCUT2D eigenvalue weighted by atomic mass is 16.4. The molecule has 5 heteroatoms. The van der Waals surface area contributed by atoms with E-state index in [9.17, 15) is 9.59 Å². The molecule has 0 fully saturated rings. The van der Waals surface area contributed by atoms with E-state index in [2.05, 4.69) is 5.32 Å². The topological polar surface area (TPSA) is 71.3 Å². The second kappa shape index (κ2) is 4.61. The van der Waals surface area contributed by atoms with Gasteiger partial charge >= 0.3 is 5.97 Å². The molecule has 0 aliphatic carbocycles. The summed E-state index contributed by atoms with van der Waals surface area (Å²) in [6.07, 6.45) is 1.53. The molecule has 0 radical (unpaired) electrons. The maximum atomic E-state index is 11.9. The Kier molecular flexibility index (Phi) is 3.17. The molecular weight excluding hydrogens is 220 g/mol. The zero-order valence-electron chi connectivity index (χ0n) is 9.82. The number of nitrogens with one attached hydrogen (secondary N) is 1. The molecule has 0 saturated carbocycles. The Morgan fingerprint density at radius 1 is 1.59 bits per heavy atom. The lowest BCUT2D eigenvalue weighted by Gasteiger charge is -2.24. The molecule has 1 aromatic heterocycles. The summed E-state index contributed by atoms with van der Waals surface area (Å²) in [5.74, 6) is -0.170. The number of hydrogen-bond acceptors (Lipinski definition) is 3. The second-order valence-electron chi connectivity index (χ2n) is 4.19. The third-order valence-corrected chi connectivity index (χ3v) is 3.07. The molecule has 17 heavy (non-hydrogen) atoms. The quantitative estimate of drug-likeness (QED) is 0.816. The maximum Gasteiger partial charge on any atom is 0.307 e. The molecule has 1 aliphatic heterocycles. The Morgan fingerprint density at radius 2 is 2.35 bits per heavy atom. The normalized spacial score (nSPS) is 13.9. The number of carboxylic acids is 1. The fourth-order valence-electron chi connectivity index (χ4n) is 2.27. The van der Waals surface area contributed by atoms with Crippen molar-refractivity contribution in [2.45, 2.75) is 32.7 Å². The van der Waals surface area contributed by atoms with Crippen molar-refractivity contribution in [3.63, 3.8) is 0 Å². The number of anilines is 1. The van der Waals surface area contributed by atoms with Gasteiger partial charge in [-0.2, -0.15) is 0 Å². The van der Waals surface area contributed by atoms with Crippen LogP contribution in [0.4, 0.5) is 5.82 Å². The molecule has 92 valence electrons. The molecule has 0 atom stereocenters. The average Bonchev–Trinajstić information content (AvgIpc) is 2.32. The maximum absolute atomic E-state index is 11.9. The summed E-state index contributed by atoms with van der Waals surface area (Å²) in [4.78, 5) is 22.7. The van der Waals surface area contributed by atoms with Crippen LogP contribution in [0, 0.1) is 0 Å². The Hall–Kier alpha value is -1.78. The van der Waals surface area contributed by atoms with Crippen molar-refractivity contribution in [3.05, 3.63) is 27.5 Å². The summed E-state index contributed by atoms with van der Waals surface area (Å²) in [5, 5.41) is 12.1. The minimum Gasteiger partial charge on any atom is -0.481 e. The largest absolute Gasteiger partial charge is 0.481 e. The number of fused-ring (bicyclic) bond motifs is 1. The van der Waals surface area contributed by atoms with Gasteiger partial charge in [-0.15, -0.1) is 0 Å². The van der Waals surface area contributed by atoms with Gasteiger partial charge in [-0.1, -0.05) is 6.92 Å². The van der Waals surface area contributed by atoms with E-state index >= 15 is 0 Å². The van der Waals surface area contributed by atoms with Gasteiger partial charge in [0.05, 0.1) is 6.42 Å². The first-order valence-electron chi connectivity index (χ1n) is 5.84. The fourth-order valence-corrected chi connectivity index (χ4v) is 2.27. The highest BCUT2D eigenvalue weighted by molar-refractivity contribution is 5.73. The van der Waals surface area contributed by atoms with Gasteiger partial charge in [0.25, 0.3) is 5.56 Å². The third-order valence-electron chi connectivity index (χ3n) is 3.07. The summed E-state index contributed by atoms with van der Waals surface area (Å²) in [5.41, 5.74) is 1.54. The SMILES string of the molecule is CCc1cc(=O)n2c(c1CC(=O)O)NCCC2. The van der Waals surface area contributed by atoms with E-state index in [0.29, 0.717) is 18.8 Å². The van der Waals surface area contributed by atoms with Gasteiger partial charge in [0.15, 0.2) is 0 Å². The van der Waals surface area contributed by atoms with Gasteiger partial charge in [-0.3, -0.25) is 14.2 Å². The van der Waals surface area contributed by atoms with Crippen molar-refractivity contribution in [1.29, 1.82) is 0 Å². The summed E-state index contributed by atoms with van der Waals surface area (Å²) in [7, 11) is 0. The number of rotatable bonds is 3. The van der Waals surface area contributed by atoms with Crippen LogP contribution in [0.25, 0.3) is 0 Å². The van der Waals surface area contributed by atoms with Crippen molar-refractivity contribution in [2.75, 3.05) is 11.9 Å². The molecule has 2 heterocycles. The number of hydrogen-bond donors (Lipinski definition) is 2. The minimum absolute atomic E-state index is 0.0359. The summed E-state index contributed by atoms with van der Waals surface area (Å²) >= 11 is 0. The molecule has 0 spiro atoms. The Labute approximate surface area is 99.1 Å². The lowest BCUT2D eigenvalue weighted by Crippen LogP contribution is -2.31. The van der Waals surface area contributed by atoms with Crippen LogP contribution < -0.4 is 10.9 Å². The average molecular weight is 236 g/mol. The number of carbonyl (C=O) groups is 1. The highest BCUT2D eigenvalue weighted by Crippen LogP contribution is 2.22. The molecule has 5 nitrogen and oxygen atoms in total. The molecule has 1 aromatic rings. The van der Waals surface area contributed by atoms with E-state index in [-0.39, 0.29) is 12.0 Å². The van der Waals surface area contributed by atoms with Crippen molar-refractivity contribution < 1.29 is 9.90 Å². The third kappa shape index (κ3) is 2.18. The molecule has 2 rings (SSSR count). The zero-order chi connectivity index (χ0) is 12.4. The van der Waals surface area contributed by atoms with Gasteiger partial charge in [0.2, 0.25) is 0 Å². The molecular formula is C12H16N2O3. The number of aliphatic carboxylic acids is 1. The molecule has 0 bridgehead atoms. The summed E-state index contributed by atoms with van der Waals surface area (Å²) in [6.45, 7) is 3.39. The van der Waals surface area contributed by atoms with Crippen molar-refractivity contribution in [3.8, 4) is 0 Å². The predicted octanol–water partition coefficient (Wildman–Crippen LogP) is 0.853. The second-order valence-corrected chi connectivity index (χ2v) is 4.19. The van der Waals surface area contributed by atoms with E-state index in [1.54, 1.807) is 10.6 Å². The van der Waals surface area contributed by atoms with Crippen LogP contribution in [0.3, 0.4) is 0 Å². The molecule has 2 N–H and O–H groups in total. The van der Waals surface area contributed by atoms with E-state index in [1.165, 1.54) is 0 Å². The van der Waals surface area contributed by atoms with Crippen molar-refractivity contribution >= 4 is 11.8 Å². The number of aromatic nitrogens is 1. The molecule has 0 unspecified atom stereocenters. The van der Waals surface area contributed by atoms with Crippen LogP contribution in [0.5, 0.6) is 0 Å². The zero-order valence-corrected chi connectivity index (χ0v) is 9.82. The predicted molar refractivity (Wildman–Crippen MR) is 64.5 cm³/mol. The van der Waals surface area contributed by atoms with Crippen LogP contribution in [0.15, 0.2) is 10.9 Å². The van der Waals surface area contributed by atoms with E-state index in [4.69, 9.17) is 5.11 Å². The van der Waals surface area contributed by atoms with Crippen LogP contribution in [0.1, 0.15) is 24.5 Å². The minimum atomic E-state index is -0.867. The Balaban J connectivity index is 2.60. The van der Waals surface area contributed by atoms with E-state index in [0.717, 1.165) is 24.1 Å². The van der Waals surface area contributed by atoms with Crippen LogP contribution >= 0.6 is 0 Å². The summed E-state index contributed by atoms with van der Waals surface area (Å²) < 4.78 is 1.64. The smallest absolute Gasteiger partial charge is 0.307 e. The van der Waals surface area contributed by atoms with Crippen molar-refractivity contribution in [2.24, 2.45) is 0 Å². The molecule has 0 saturated heterocycles. The van der Waals surface area contributed by atoms with Gasteiger partial charge in [-0.25, -0.2) is 0 Å². The summed E-state index contributed by atoms with van der Waals surface area (Å²) in [6, 6.07) is 1.56. The molecule has 0 aromatic carbocycles. The van der Waals surface area contributed by atoms with Gasteiger partial charge in [0.1, 0.15) is 5.82 Å². The number of aryl methyl sites for hydroxylation is 1. The lowest BCUT2D eigenvalue weighted by molar-refractivity contribution is -0.136. The van der Waals surface area contributed by atoms with Crippen LogP contribution in [-0.2, 0) is 24.2 Å². The van der Waals surface area contributed by atoms with E-state index in [1.807, 2.05) is 6.92 Å². The Morgan fingerprint density at radius 3 is 3.00 bits per heavy atom. The first kappa shape index (κ1) is 11.7. The fraction of sp³-hybridized carbons (Fsp3) is 0.500. The number of pyridine rings is 1. The van der Waals surface area contributed by atoms with Crippen LogP contribution in [-0.4, -0.2) is 22.2 Å². The van der Waals surface area contributed by atoms with Crippen LogP contribution in [0.2, 0.25) is 0 Å². The van der Waals surface area contributed by atoms with Crippen molar-refractivity contribution in [1.82, 2.24) is 4.57 Å². The van der Waals surface area contributed by atoms with Gasteiger partial charge in [0, 0.05) is 24.7 Å². The lowest BCUT2D eigenvalue weighted by atomic mass is 10.0. The first-order chi connectivity index (χ1) is 8.13. The monoisotopic (exact) mass is 236 g/mol. The number of carboxylic acid groups (broad SMARTS) is 1. The Bertz CT molecular complexity index is 505.